The molecular formula is C15H24ClN5. The SMILES string of the molecule is Cc1cc(NCc2cc(C3CC3)nn2C(C)C)nn1C.Cl. The summed E-state index contributed by atoms with van der Waals surface area (Å²) in [7, 11) is 1.96. The minimum Gasteiger partial charge on any atom is -0.363 e. The molecule has 0 radical (unpaired) electrons. The third-order valence-electron chi connectivity index (χ3n) is 3.88. The molecule has 0 atom stereocenters. The molecule has 1 aliphatic carbocycles. The molecule has 2 aromatic rings. The van der Waals surface area contributed by atoms with E-state index in [1.807, 2.05) is 11.7 Å². The van der Waals surface area contributed by atoms with Crippen LogP contribution in [0.1, 0.15) is 55.7 Å². The number of aromatic nitrogens is 4. The summed E-state index contributed by atoms with van der Waals surface area (Å²) >= 11 is 0. The van der Waals surface area contributed by atoms with Crippen molar-refractivity contribution in [3.8, 4) is 0 Å². The van der Waals surface area contributed by atoms with Gasteiger partial charge >= 0.3 is 0 Å². The molecule has 5 nitrogen and oxygen atoms in total. The molecule has 0 spiro atoms. The lowest BCUT2D eigenvalue weighted by Gasteiger charge is -2.11. The van der Waals surface area contributed by atoms with Gasteiger partial charge in [-0.05, 0) is 39.7 Å². The molecule has 3 rings (SSSR count). The third-order valence-corrected chi connectivity index (χ3v) is 3.88. The van der Waals surface area contributed by atoms with Crippen molar-refractivity contribution < 1.29 is 0 Å². The van der Waals surface area contributed by atoms with E-state index in [1.165, 1.54) is 24.2 Å². The molecule has 1 fully saturated rings. The molecule has 6 heteroatoms. The molecule has 2 aromatic heterocycles. The van der Waals surface area contributed by atoms with Crippen molar-refractivity contribution in [2.75, 3.05) is 5.32 Å². The Kier molecular flexibility index (Phi) is 4.61. The molecule has 1 aliphatic rings. The van der Waals surface area contributed by atoms with E-state index < -0.39 is 0 Å². The molecular weight excluding hydrogens is 286 g/mol. The van der Waals surface area contributed by atoms with Crippen molar-refractivity contribution in [2.24, 2.45) is 7.05 Å². The minimum atomic E-state index is 0. The first-order valence-electron chi connectivity index (χ1n) is 7.37. The summed E-state index contributed by atoms with van der Waals surface area (Å²) in [4.78, 5) is 0. The fourth-order valence-electron chi connectivity index (χ4n) is 2.44. The molecule has 2 heterocycles. The number of nitrogens with one attached hydrogen (secondary N) is 1. The molecule has 116 valence electrons. The summed E-state index contributed by atoms with van der Waals surface area (Å²) in [6.07, 6.45) is 2.59. The Morgan fingerprint density at radius 2 is 2.00 bits per heavy atom. The second-order valence-electron chi connectivity index (χ2n) is 6.02. The first-order chi connectivity index (χ1) is 9.54. The van der Waals surface area contributed by atoms with Gasteiger partial charge in [0.2, 0.25) is 0 Å². The molecule has 0 unspecified atom stereocenters. The van der Waals surface area contributed by atoms with E-state index >= 15 is 0 Å². The van der Waals surface area contributed by atoms with Crippen LogP contribution in [0, 0.1) is 6.92 Å². The Hall–Kier alpha value is -1.49. The summed E-state index contributed by atoms with van der Waals surface area (Å²) in [5, 5.41) is 12.6. The van der Waals surface area contributed by atoms with Crippen molar-refractivity contribution in [2.45, 2.75) is 52.1 Å². The van der Waals surface area contributed by atoms with Gasteiger partial charge in [-0.2, -0.15) is 10.2 Å². The van der Waals surface area contributed by atoms with Crippen molar-refractivity contribution in [3.63, 3.8) is 0 Å². The Morgan fingerprint density at radius 1 is 1.29 bits per heavy atom. The van der Waals surface area contributed by atoms with Crippen LogP contribution in [0.5, 0.6) is 0 Å². The highest BCUT2D eigenvalue weighted by molar-refractivity contribution is 5.85. The predicted octanol–water partition coefficient (Wildman–Crippen LogP) is 3.42. The van der Waals surface area contributed by atoms with Crippen LogP contribution in [0.25, 0.3) is 0 Å². The number of hydrogen-bond acceptors (Lipinski definition) is 3. The van der Waals surface area contributed by atoms with E-state index in [1.54, 1.807) is 0 Å². The lowest BCUT2D eigenvalue weighted by molar-refractivity contribution is 0.507. The van der Waals surface area contributed by atoms with Crippen molar-refractivity contribution in [1.29, 1.82) is 0 Å². The van der Waals surface area contributed by atoms with Crippen LogP contribution in [0.3, 0.4) is 0 Å². The average Bonchev–Trinajstić information content (AvgIpc) is 3.07. The lowest BCUT2D eigenvalue weighted by atomic mass is 10.2. The second-order valence-corrected chi connectivity index (χ2v) is 6.02. The average molecular weight is 310 g/mol. The van der Waals surface area contributed by atoms with Crippen LogP contribution < -0.4 is 5.32 Å². The normalized spacial score (nSPS) is 14.3. The first-order valence-corrected chi connectivity index (χ1v) is 7.37. The van der Waals surface area contributed by atoms with Gasteiger partial charge in [-0.1, -0.05) is 0 Å². The molecule has 0 amide bonds. The molecule has 21 heavy (non-hydrogen) atoms. The Bertz CT molecular complexity index is 590. The summed E-state index contributed by atoms with van der Waals surface area (Å²) in [6.45, 7) is 7.19. The molecule has 1 N–H and O–H groups in total. The van der Waals surface area contributed by atoms with Gasteiger partial charge in [0.05, 0.1) is 17.9 Å². The molecule has 0 aliphatic heterocycles. The number of rotatable bonds is 5. The van der Waals surface area contributed by atoms with E-state index in [9.17, 15) is 0 Å². The largest absolute Gasteiger partial charge is 0.363 e. The van der Waals surface area contributed by atoms with Gasteiger partial charge in [-0.25, -0.2) is 0 Å². The van der Waals surface area contributed by atoms with Crippen molar-refractivity contribution in [3.05, 3.63) is 29.2 Å². The Morgan fingerprint density at radius 3 is 2.52 bits per heavy atom. The maximum absolute atomic E-state index is 4.76. The number of nitrogens with zero attached hydrogens (tertiary/aromatic N) is 4. The van der Waals surface area contributed by atoms with Gasteiger partial charge < -0.3 is 5.32 Å². The van der Waals surface area contributed by atoms with E-state index in [-0.39, 0.29) is 12.4 Å². The second kappa shape index (κ2) is 6.10. The monoisotopic (exact) mass is 309 g/mol. The van der Waals surface area contributed by atoms with Crippen molar-refractivity contribution >= 4 is 18.2 Å². The zero-order valence-electron chi connectivity index (χ0n) is 13.1. The lowest BCUT2D eigenvalue weighted by Crippen LogP contribution is -2.11. The molecule has 0 aromatic carbocycles. The van der Waals surface area contributed by atoms with Crippen LogP contribution in [-0.2, 0) is 13.6 Å². The quantitative estimate of drug-likeness (QED) is 0.920. The summed E-state index contributed by atoms with van der Waals surface area (Å²) in [5.74, 6) is 1.63. The molecule has 1 saturated carbocycles. The number of hydrogen-bond donors (Lipinski definition) is 1. The number of halogens is 1. The Labute approximate surface area is 132 Å². The van der Waals surface area contributed by atoms with Gasteiger partial charge in [0.15, 0.2) is 0 Å². The Balaban J connectivity index is 0.00000161. The van der Waals surface area contributed by atoms with E-state index in [0.29, 0.717) is 12.0 Å². The predicted molar refractivity (Wildman–Crippen MR) is 87.1 cm³/mol. The van der Waals surface area contributed by atoms with Crippen LogP contribution in [0.2, 0.25) is 0 Å². The maximum atomic E-state index is 4.76. The first kappa shape index (κ1) is 15.9. The highest BCUT2D eigenvalue weighted by Gasteiger charge is 2.27. The molecule has 0 saturated heterocycles. The van der Waals surface area contributed by atoms with Crippen LogP contribution in [-0.4, -0.2) is 19.6 Å². The van der Waals surface area contributed by atoms with Crippen molar-refractivity contribution in [1.82, 2.24) is 19.6 Å². The summed E-state index contributed by atoms with van der Waals surface area (Å²) in [6, 6.07) is 4.71. The zero-order valence-corrected chi connectivity index (χ0v) is 13.9. The van der Waals surface area contributed by atoms with Gasteiger partial charge in [-0.3, -0.25) is 9.36 Å². The van der Waals surface area contributed by atoms with Crippen LogP contribution in [0.4, 0.5) is 5.82 Å². The van der Waals surface area contributed by atoms with Crippen LogP contribution >= 0.6 is 12.4 Å². The smallest absolute Gasteiger partial charge is 0.148 e. The van der Waals surface area contributed by atoms with Crippen LogP contribution in [0.15, 0.2) is 12.1 Å². The van der Waals surface area contributed by atoms with E-state index in [0.717, 1.165) is 18.1 Å². The fraction of sp³-hybridized carbons (Fsp3) is 0.600. The van der Waals surface area contributed by atoms with E-state index in [4.69, 9.17) is 5.10 Å². The molecule has 0 bridgehead atoms. The topological polar surface area (TPSA) is 47.7 Å². The summed E-state index contributed by atoms with van der Waals surface area (Å²) in [5.41, 5.74) is 3.65. The fourth-order valence-corrected chi connectivity index (χ4v) is 2.44. The van der Waals surface area contributed by atoms with Gasteiger partial charge in [0.25, 0.3) is 0 Å². The van der Waals surface area contributed by atoms with Gasteiger partial charge in [0, 0.05) is 30.8 Å². The summed E-state index contributed by atoms with van der Waals surface area (Å²) < 4.78 is 4.02. The maximum Gasteiger partial charge on any atom is 0.148 e. The highest BCUT2D eigenvalue weighted by Crippen LogP contribution is 2.39. The number of aryl methyl sites for hydroxylation is 2. The zero-order chi connectivity index (χ0) is 14.3. The van der Waals surface area contributed by atoms with Gasteiger partial charge in [0.1, 0.15) is 5.82 Å². The standard InChI is InChI=1S/C15H23N5.ClH/c1-10(2)20-13(8-14(17-20)12-5-6-12)9-16-15-7-11(3)19(4)18-15;/h7-8,10,12H,5-6,9H2,1-4H3,(H,16,18);1H. The number of anilines is 1. The van der Waals surface area contributed by atoms with E-state index in [2.05, 4.69) is 48.0 Å². The minimum absolute atomic E-state index is 0. The van der Waals surface area contributed by atoms with Gasteiger partial charge in [-0.15, -0.1) is 12.4 Å². The highest BCUT2D eigenvalue weighted by atomic mass is 35.5. The third kappa shape index (κ3) is 3.40.